The van der Waals surface area contributed by atoms with E-state index in [0.29, 0.717) is 19.6 Å². The number of aldehydes is 1. The van der Waals surface area contributed by atoms with E-state index in [4.69, 9.17) is 5.73 Å². The summed E-state index contributed by atoms with van der Waals surface area (Å²) < 4.78 is 0. The number of piperazine rings is 1. The molecule has 0 spiro atoms. The van der Waals surface area contributed by atoms with E-state index >= 15 is 0 Å². The SMILES string of the molecule is NCC(O)CN1CCN(CC=O)CC1. The fourth-order valence-electron chi connectivity index (χ4n) is 1.63. The Morgan fingerprint density at radius 2 is 1.86 bits per heavy atom. The van der Waals surface area contributed by atoms with Gasteiger partial charge in [0.1, 0.15) is 6.29 Å². The summed E-state index contributed by atoms with van der Waals surface area (Å²) in [5.41, 5.74) is 5.33. The monoisotopic (exact) mass is 201 g/mol. The molecule has 0 amide bonds. The lowest BCUT2D eigenvalue weighted by Gasteiger charge is -2.34. The van der Waals surface area contributed by atoms with Crippen molar-refractivity contribution in [1.82, 2.24) is 9.80 Å². The highest BCUT2D eigenvalue weighted by Gasteiger charge is 2.17. The first-order valence-corrected chi connectivity index (χ1v) is 5.02. The standard InChI is InChI=1S/C9H19N3O2/c10-7-9(14)8-12-3-1-11(2-4-12)5-6-13/h6,9,14H,1-5,7-8,10H2. The molecule has 0 radical (unpaired) electrons. The number of aliphatic hydroxyl groups is 1. The molecule has 5 heteroatoms. The minimum absolute atomic E-state index is 0.314. The second-order valence-corrected chi connectivity index (χ2v) is 3.66. The molecule has 0 bridgehead atoms. The number of β-amino-alcohol motifs (C(OH)–C–C–N with tert-alkyl or cyclic N) is 1. The van der Waals surface area contributed by atoms with Crippen LogP contribution in [0.5, 0.6) is 0 Å². The molecule has 82 valence electrons. The molecular formula is C9H19N3O2. The number of nitrogens with zero attached hydrogens (tertiary/aromatic N) is 2. The quantitative estimate of drug-likeness (QED) is 0.510. The maximum atomic E-state index is 10.3. The number of nitrogens with two attached hydrogens (primary N) is 1. The third-order valence-corrected chi connectivity index (χ3v) is 2.54. The molecule has 1 rings (SSSR count). The molecule has 1 atom stereocenters. The molecule has 1 unspecified atom stereocenters. The van der Waals surface area contributed by atoms with Crippen LogP contribution in [-0.4, -0.2) is 73.1 Å². The van der Waals surface area contributed by atoms with Crippen LogP contribution in [0.1, 0.15) is 0 Å². The Balaban J connectivity index is 2.18. The van der Waals surface area contributed by atoms with Gasteiger partial charge in [0, 0.05) is 39.3 Å². The Kier molecular flexibility index (Phi) is 5.03. The first-order valence-electron chi connectivity index (χ1n) is 5.02. The van der Waals surface area contributed by atoms with Gasteiger partial charge in [-0.05, 0) is 0 Å². The number of carbonyl (C=O) groups is 1. The third kappa shape index (κ3) is 3.71. The van der Waals surface area contributed by atoms with Crippen LogP contribution in [0.4, 0.5) is 0 Å². The van der Waals surface area contributed by atoms with Gasteiger partial charge in [0.05, 0.1) is 12.6 Å². The van der Waals surface area contributed by atoms with Gasteiger partial charge in [-0.1, -0.05) is 0 Å². The van der Waals surface area contributed by atoms with E-state index in [1.165, 1.54) is 0 Å². The minimum Gasteiger partial charge on any atom is -0.390 e. The van der Waals surface area contributed by atoms with Gasteiger partial charge in [0.15, 0.2) is 0 Å². The molecule has 0 aromatic heterocycles. The van der Waals surface area contributed by atoms with Crippen molar-refractivity contribution < 1.29 is 9.90 Å². The lowest BCUT2D eigenvalue weighted by Crippen LogP contribution is -2.49. The van der Waals surface area contributed by atoms with E-state index in [1.807, 2.05) is 0 Å². The van der Waals surface area contributed by atoms with Crippen molar-refractivity contribution in [1.29, 1.82) is 0 Å². The van der Waals surface area contributed by atoms with Crippen molar-refractivity contribution in [3.05, 3.63) is 0 Å². The number of rotatable bonds is 5. The smallest absolute Gasteiger partial charge is 0.133 e. The van der Waals surface area contributed by atoms with Gasteiger partial charge in [0.25, 0.3) is 0 Å². The Labute approximate surface area is 84.5 Å². The molecule has 0 aliphatic carbocycles. The van der Waals surface area contributed by atoms with Crippen LogP contribution in [0.2, 0.25) is 0 Å². The van der Waals surface area contributed by atoms with Gasteiger partial charge in [-0.15, -0.1) is 0 Å². The van der Waals surface area contributed by atoms with Gasteiger partial charge in [-0.25, -0.2) is 0 Å². The Morgan fingerprint density at radius 3 is 2.36 bits per heavy atom. The highest BCUT2D eigenvalue weighted by molar-refractivity contribution is 5.51. The van der Waals surface area contributed by atoms with Gasteiger partial charge in [0.2, 0.25) is 0 Å². The lowest BCUT2D eigenvalue weighted by molar-refractivity contribution is -0.109. The molecule has 3 N–H and O–H groups in total. The summed E-state index contributed by atoms with van der Waals surface area (Å²) in [6.07, 6.45) is 0.511. The molecule has 1 saturated heterocycles. The van der Waals surface area contributed by atoms with Gasteiger partial charge in [-0.2, -0.15) is 0 Å². The molecule has 1 aliphatic heterocycles. The van der Waals surface area contributed by atoms with E-state index in [-0.39, 0.29) is 0 Å². The second-order valence-electron chi connectivity index (χ2n) is 3.66. The molecule has 5 nitrogen and oxygen atoms in total. The number of hydrogen-bond acceptors (Lipinski definition) is 5. The summed E-state index contributed by atoms with van der Waals surface area (Å²) >= 11 is 0. The summed E-state index contributed by atoms with van der Waals surface area (Å²) in [6.45, 7) is 5.09. The molecule has 0 saturated carbocycles. The molecule has 0 aromatic rings. The minimum atomic E-state index is -0.423. The molecule has 1 fully saturated rings. The fraction of sp³-hybridized carbons (Fsp3) is 0.889. The molecule has 0 aromatic carbocycles. The Bertz CT molecular complexity index is 169. The van der Waals surface area contributed by atoms with E-state index in [2.05, 4.69) is 9.80 Å². The zero-order chi connectivity index (χ0) is 10.4. The van der Waals surface area contributed by atoms with Crippen molar-refractivity contribution in [2.45, 2.75) is 6.10 Å². The van der Waals surface area contributed by atoms with E-state index in [1.54, 1.807) is 0 Å². The summed E-state index contributed by atoms with van der Waals surface area (Å²) in [7, 11) is 0. The van der Waals surface area contributed by atoms with Crippen molar-refractivity contribution in [2.24, 2.45) is 5.73 Å². The van der Waals surface area contributed by atoms with Crippen molar-refractivity contribution >= 4 is 6.29 Å². The first-order chi connectivity index (χ1) is 6.76. The normalized spacial score (nSPS) is 22.1. The highest BCUT2D eigenvalue weighted by Crippen LogP contribution is 2.01. The average Bonchev–Trinajstić information content (AvgIpc) is 2.21. The summed E-state index contributed by atoms with van der Waals surface area (Å²) in [6, 6.07) is 0. The van der Waals surface area contributed by atoms with Crippen LogP contribution >= 0.6 is 0 Å². The average molecular weight is 201 g/mol. The van der Waals surface area contributed by atoms with Crippen molar-refractivity contribution in [3.63, 3.8) is 0 Å². The van der Waals surface area contributed by atoms with E-state index in [0.717, 1.165) is 32.5 Å². The van der Waals surface area contributed by atoms with Gasteiger partial charge >= 0.3 is 0 Å². The van der Waals surface area contributed by atoms with E-state index in [9.17, 15) is 9.90 Å². The number of hydrogen-bond donors (Lipinski definition) is 2. The molecule has 14 heavy (non-hydrogen) atoms. The summed E-state index contributed by atoms with van der Waals surface area (Å²) in [4.78, 5) is 14.6. The van der Waals surface area contributed by atoms with Crippen molar-refractivity contribution in [2.75, 3.05) is 45.8 Å². The van der Waals surface area contributed by atoms with Gasteiger partial charge < -0.3 is 15.6 Å². The maximum absolute atomic E-state index is 10.3. The van der Waals surface area contributed by atoms with E-state index < -0.39 is 6.10 Å². The molecule has 1 heterocycles. The lowest BCUT2D eigenvalue weighted by atomic mass is 10.2. The topological polar surface area (TPSA) is 69.8 Å². The second kappa shape index (κ2) is 6.08. The van der Waals surface area contributed by atoms with Crippen molar-refractivity contribution in [3.8, 4) is 0 Å². The summed E-state index contributed by atoms with van der Waals surface area (Å²) in [5.74, 6) is 0. The predicted octanol–water partition coefficient (Wildman–Crippen LogP) is -1.88. The Morgan fingerprint density at radius 1 is 1.29 bits per heavy atom. The highest BCUT2D eigenvalue weighted by atomic mass is 16.3. The Hall–Kier alpha value is -0.490. The summed E-state index contributed by atoms with van der Waals surface area (Å²) in [5, 5.41) is 9.34. The van der Waals surface area contributed by atoms with Crippen LogP contribution in [0, 0.1) is 0 Å². The van der Waals surface area contributed by atoms with Crippen LogP contribution in [0.3, 0.4) is 0 Å². The molecule has 1 aliphatic rings. The third-order valence-electron chi connectivity index (χ3n) is 2.54. The number of carbonyl (C=O) groups excluding carboxylic acids is 1. The maximum Gasteiger partial charge on any atom is 0.133 e. The largest absolute Gasteiger partial charge is 0.390 e. The zero-order valence-electron chi connectivity index (χ0n) is 8.43. The van der Waals surface area contributed by atoms with Crippen LogP contribution in [-0.2, 0) is 4.79 Å². The van der Waals surface area contributed by atoms with Crippen LogP contribution in [0.25, 0.3) is 0 Å². The zero-order valence-corrected chi connectivity index (χ0v) is 8.43. The number of aliphatic hydroxyl groups excluding tert-OH is 1. The van der Waals surface area contributed by atoms with Crippen LogP contribution in [0.15, 0.2) is 0 Å². The predicted molar refractivity (Wildman–Crippen MR) is 54.0 cm³/mol. The first kappa shape index (κ1) is 11.6. The molecular weight excluding hydrogens is 182 g/mol. The fourth-order valence-corrected chi connectivity index (χ4v) is 1.63. The van der Waals surface area contributed by atoms with Crippen LogP contribution < -0.4 is 5.73 Å². The van der Waals surface area contributed by atoms with Gasteiger partial charge in [-0.3, -0.25) is 9.80 Å².